The molecule has 0 radical (unpaired) electrons. The molecule has 0 bridgehead atoms. The third kappa shape index (κ3) is 2.88. The zero-order valence-electron chi connectivity index (χ0n) is 11.0. The molecule has 2 aromatic heterocycles. The van der Waals surface area contributed by atoms with Gasteiger partial charge in [0.25, 0.3) is 0 Å². The van der Waals surface area contributed by atoms with E-state index in [9.17, 15) is 0 Å². The van der Waals surface area contributed by atoms with E-state index in [1.54, 1.807) is 11.3 Å². The molecule has 4 nitrogen and oxygen atoms in total. The lowest BCUT2D eigenvalue weighted by Gasteiger charge is -2.07. The first-order chi connectivity index (χ1) is 9.83. The Labute approximate surface area is 121 Å². The molecule has 0 fully saturated rings. The largest absolute Gasteiger partial charge is 0.369 e. The van der Waals surface area contributed by atoms with Crippen LogP contribution in [0.2, 0.25) is 0 Å². The van der Waals surface area contributed by atoms with Gasteiger partial charge in [-0.3, -0.25) is 0 Å². The molecule has 0 aliphatic heterocycles. The summed E-state index contributed by atoms with van der Waals surface area (Å²) in [7, 11) is 0. The van der Waals surface area contributed by atoms with Crippen molar-refractivity contribution in [3.63, 3.8) is 0 Å². The molecule has 0 saturated heterocycles. The monoisotopic (exact) mass is 284 g/mol. The van der Waals surface area contributed by atoms with E-state index in [2.05, 4.69) is 39.6 Å². The van der Waals surface area contributed by atoms with Gasteiger partial charge >= 0.3 is 0 Å². The molecule has 20 heavy (non-hydrogen) atoms. The van der Waals surface area contributed by atoms with Crippen molar-refractivity contribution in [2.24, 2.45) is 0 Å². The molecule has 0 aliphatic carbocycles. The van der Waals surface area contributed by atoms with E-state index in [4.69, 9.17) is 5.73 Å². The Hall–Kier alpha value is -2.14. The zero-order valence-corrected chi connectivity index (χ0v) is 11.9. The summed E-state index contributed by atoms with van der Waals surface area (Å²) in [6.45, 7) is 0.871. The maximum Gasteiger partial charge on any atom is 0.223 e. The first-order valence-electron chi connectivity index (χ1n) is 6.61. The fourth-order valence-corrected chi connectivity index (χ4v) is 2.92. The number of nitrogens with zero attached hydrogens (tertiary/aromatic N) is 2. The van der Waals surface area contributed by atoms with Crippen LogP contribution in [0.5, 0.6) is 0 Å². The van der Waals surface area contributed by atoms with Crippen molar-refractivity contribution in [3.8, 4) is 0 Å². The summed E-state index contributed by atoms with van der Waals surface area (Å²) in [5.74, 6) is 1.16. The molecule has 102 valence electrons. The molecule has 3 rings (SSSR count). The smallest absolute Gasteiger partial charge is 0.223 e. The highest BCUT2D eigenvalue weighted by Gasteiger charge is 2.06. The number of anilines is 2. The second kappa shape index (κ2) is 5.88. The molecule has 0 atom stereocenters. The first-order valence-corrected chi connectivity index (χ1v) is 7.49. The van der Waals surface area contributed by atoms with Gasteiger partial charge in [0.15, 0.2) is 0 Å². The Balaban J connectivity index is 1.61. The Morgan fingerprint density at radius 1 is 1.10 bits per heavy atom. The number of benzene rings is 1. The molecular weight excluding hydrogens is 268 g/mol. The Morgan fingerprint density at radius 3 is 2.80 bits per heavy atom. The van der Waals surface area contributed by atoms with Crippen molar-refractivity contribution >= 4 is 33.3 Å². The van der Waals surface area contributed by atoms with Gasteiger partial charge in [-0.2, -0.15) is 4.98 Å². The van der Waals surface area contributed by atoms with Crippen molar-refractivity contribution in [2.75, 3.05) is 17.6 Å². The molecule has 5 heteroatoms. The van der Waals surface area contributed by atoms with Crippen LogP contribution in [0.25, 0.3) is 10.2 Å². The Bertz CT molecular complexity index is 693. The summed E-state index contributed by atoms with van der Waals surface area (Å²) in [4.78, 5) is 9.43. The van der Waals surface area contributed by atoms with Gasteiger partial charge in [-0.1, -0.05) is 30.3 Å². The number of hydrogen-bond donors (Lipinski definition) is 2. The minimum Gasteiger partial charge on any atom is -0.369 e. The predicted octanol–water partition coefficient (Wildman–Crippen LogP) is 3.32. The van der Waals surface area contributed by atoms with Crippen LogP contribution >= 0.6 is 11.3 Å². The number of hydrogen-bond acceptors (Lipinski definition) is 5. The molecule has 3 aromatic rings. The van der Waals surface area contributed by atoms with E-state index in [1.165, 1.54) is 5.56 Å². The van der Waals surface area contributed by atoms with Crippen LogP contribution in [-0.2, 0) is 6.42 Å². The second-order valence-corrected chi connectivity index (χ2v) is 5.48. The molecule has 1 aromatic carbocycles. The molecule has 2 heterocycles. The van der Waals surface area contributed by atoms with E-state index in [1.807, 2.05) is 17.5 Å². The zero-order chi connectivity index (χ0) is 13.8. The highest BCUT2D eigenvalue weighted by Crippen LogP contribution is 2.25. The van der Waals surface area contributed by atoms with Crippen molar-refractivity contribution in [2.45, 2.75) is 12.8 Å². The number of aromatic nitrogens is 2. The molecule has 0 unspecified atom stereocenters. The SMILES string of the molecule is Nc1nc(NCCCc2ccccc2)c2ccsc2n1. The minimum absolute atomic E-state index is 0.325. The number of nitrogen functional groups attached to an aromatic ring is 1. The molecule has 0 amide bonds. The third-order valence-electron chi connectivity index (χ3n) is 3.12. The molecule has 0 aliphatic rings. The number of nitrogens with one attached hydrogen (secondary N) is 1. The normalized spacial score (nSPS) is 10.8. The van der Waals surface area contributed by atoms with Crippen LogP contribution in [0.1, 0.15) is 12.0 Å². The van der Waals surface area contributed by atoms with Gasteiger partial charge in [0.05, 0.1) is 5.39 Å². The van der Waals surface area contributed by atoms with E-state index >= 15 is 0 Å². The van der Waals surface area contributed by atoms with E-state index in [-0.39, 0.29) is 0 Å². The van der Waals surface area contributed by atoms with Crippen molar-refractivity contribution < 1.29 is 0 Å². The number of rotatable bonds is 5. The van der Waals surface area contributed by atoms with Crippen molar-refractivity contribution in [1.82, 2.24) is 9.97 Å². The van der Waals surface area contributed by atoms with Crippen LogP contribution in [-0.4, -0.2) is 16.5 Å². The van der Waals surface area contributed by atoms with Gasteiger partial charge in [-0.15, -0.1) is 11.3 Å². The Morgan fingerprint density at radius 2 is 1.95 bits per heavy atom. The Kier molecular flexibility index (Phi) is 3.78. The first kappa shape index (κ1) is 12.9. The van der Waals surface area contributed by atoms with Crippen LogP contribution in [0.3, 0.4) is 0 Å². The number of thiophene rings is 1. The summed E-state index contributed by atoms with van der Waals surface area (Å²) in [5, 5.41) is 6.41. The summed E-state index contributed by atoms with van der Waals surface area (Å²) in [6, 6.07) is 12.5. The van der Waals surface area contributed by atoms with Crippen LogP contribution in [0.4, 0.5) is 11.8 Å². The molecule has 0 saturated carbocycles. The van der Waals surface area contributed by atoms with Crippen molar-refractivity contribution in [3.05, 3.63) is 47.3 Å². The lowest BCUT2D eigenvalue weighted by molar-refractivity contribution is 0.860. The van der Waals surface area contributed by atoms with E-state index in [0.29, 0.717) is 5.95 Å². The number of nitrogens with two attached hydrogens (primary N) is 1. The fourth-order valence-electron chi connectivity index (χ4n) is 2.15. The predicted molar refractivity (Wildman–Crippen MR) is 85.1 cm³/mol. The minimum atomic E-state index is 0.325. The molecular formula is C15H16N4S. The lowest BCUT2D eigenvalue weighted by atomic mass is 10.1. The summed E-state index contributed by atoms with van der Waals surface area (Å²) < 4.78 is 0. The summed E-state index contributed by atoms with van der Waals surface area (Å²) in [5.41, 5.74) is 7.08. The maximum absolute atomic E-state index is 5.72. The average molecular weight is 284 g/mol. The lowest BCUT2D eigenvalue weighted by Crippen LogP contribution is -2.07. The number of fused-ring (bicyclic) bond motifs is 1. The van der Waals surface area contributed by atoms with Crippen LogP contribution in [0.15, 0.2) is 41.8 Å². The van der Waals surface area contributed by atoms with Gasteiger partial charge in [0, 0.05) is 6.54 Å². The van der Waals surface area contributed by atoms with Crippen LogP contribution < -0.4 is 11.1 Å². The molecule has 0 spiro atoms. The quantitative estimate of drug-likeness (QED) is 0.705. The van der Waals surface area contributed by atoms with Gasteiger partial charge in [-0.25, -0.2) is 4.98 Å². The van der Waals surface area contributed by atoms with Crippen LogP contribution in [0, 0.1) is 0 Å². The van der Waals surface area contributed by atoms with E-state index in [0.717, 1.165) is 35.4 Å². The average Bonchev–Trinajstić information content (AvgIpc) is 2.92. The fraction of sp³-hybridized carbons (Fsp3) is 0.200. The highest BCUT2D eigenvalue weighted by molar-refractivity contribution is 7.16. The van der Waals surface area contributed by atoms with Gasteiger partial charge in [0.2, 0.25) is 5.95 Å². The maximum atomic E-state index is 5.72. The van der Waals surface area contributed by atoms with Crippen molar-refractivity contribution in [1.29, 1.82) is 0 Å². The number of aryl methyl sites for hydroxylation is 1. The summed E-state index contributed by atoms with van der Waals surface area (Å²) in [6.07, 6.45) is 2.11. The molecule has 3 N–H and O–H groups in total. The highest BCUT2D eigenvalue weighted by atomic mass is 32.1. The third-order valence-corrected chi connectivity index (χ3v) is 3.93. The van der Waals surface area contributed by atoms with Gasteiger partial charge < -0.3 is 11.1 Å². The second-order valence-electron chi connectivity index (χ2n) is 4.59. The van der Waals surface area contributed by atoms with Gasteiger partial charge in [-0.05, 0) is 29.9 Å². The summed E-state index contributed by atoms with van der Waals surface area (Å²) >= 11 is 1.58. The standard InChI is InChI=1S/C15H16N4S/c16-15-18-13(12-8-10-20-14(12)19-15)17-9-4-7-11-5-2-1-3-6-11/h1-3,5-6,8,10H,4,7,9H2,(H3,16,17,18,19). The van der Waals surface area contributed by atoms with Gasteiger partial charge in [0.1, 0.15) is 10.6 Å². The van der Waals surface area contributed by atoms with E-state index < -0.39 is 0 Å². The topological polar surface area (TPSA) is 63.8 Å².